The van der Waals surface area contributed by atoms with Crippen molar-refractivity contribution in [3.8, 4) is 11.5 Å². The highest BCUT2D eigenvalue weighted by Gasteiger charge is 2.05. The Morgan fingerprint density at radius 1 is 1.16 bits per heavy atom. The first-order chi connectivity index (χ1) is 12.1. The average Bonchev–Trinajstić information content (AvgIpc) is 2.61. The maximum atomic E-state index is 9.77. The predicted molar refractivity (Wildman–Crippen MR) is 102 cm³/mol. The molecule has 0 spiro atoms. The molecule has 5 nitrogen and oxygen atoms in total. The topological polar surface area (TPSA) is 65.9 Å². The number of hydrogen-bond acceptors (Lipinski definition) is 3. The lowest BCUT2D eigenvalue weighted by atomic mass is 10.2. The van der Waals surface area contributed by atoms with Crippen molar-refractivity contribution in [1.29, 1.82) is 0 Å². The number of ether oxygens (including phenoxy) is 1. The molecule has 0 radical (unpaired) electrons. The van der Waals surface area contributed by atoms with Crippen LogP contribution in [0.15, 0.2) is 47.5 Å². The van der Waals surface area contributed by atoms with E-state index in [1.807, 2.05) is 44.2 Å². The molecule has 0 atom stereocenters. The second kappa shape index (κ2) is 9.79. The smallest absolute Gasteiger partial charge is 0.191 e. The molecule has 0 aliphatic carbocycles. The van der Waals surface area contributed by atoms with Crippen LogP contribution in [0.3, 0.4) is 0 Å². The van der Waals surface area contributed by atoms with Gasteiger partial charge in [-0.2, -0.15) is 0 Å². The number of nitrogens with zero attached hydrogens (tertiary/aromatic N) is 1. The van der Waals surface area contributed by atoms with Crippen molar-refractivity contribution >= 4 is 17.6 Å². The highest BCUT2D eigenvalue weighted by molar-refractivity contribution is 6.31. The number of guanidine groups is 1. The van der Waals surface area contributed by atoms with Crippen LogP contribution in [0.4, 0.5) is 0 Å². The Morgan fingerprint density at radius 2 is 1.96 bits per heavy atom. The van der Waals surface area contributed by atoms with E-state index in [1.165, 1.54) is 0 Å². The lowest BCUT2D eigenvalue weighted by Gasteiger charge is -2.12. The van der Waals surface area contributed by atoms with E-state index in [0.29, 0.717) is 31.4 Å². The fourth-order valence-electron chi connectivity index (χ4n) is 2.26. The molecule has 0 aromatic heterocycles. The van der Waals surface area contributed by atoms with E-state index < -0.39 is 0 Å². The minimum absolute atomic E-state index is 0.137. The molecular weight excluding hydrogens is 338 g/mol. The first-order valence-corrected chi connectivity index (χ1v) is 8.72. The summed E-state index contributed by atoms with van der Waals surface area (Å²) in [6.45, 7) is 6.21. The minimum Gasteiger partial charge on any atom is -0.504 e. The first kappa shape index (κ1) is 18.9. The van der Waals surface area contributed by atoms with Gasteiger partial charge in [0.05, 0.1) is 13.2 Å². The van der Waals surface area contributed by atoms with Crippen LogP contribution in [0.2, 0.25) is 5.02 Å². The molecule has 2 aromatic rings. The van der Waals surface area contributed by atoms with Crippen LogP contribution in [-0.2, 0) is 13.1 Å². The number of aliphatic imine (C=N–C) groups is 1. The summed E-state index contributed by atoms with van der Waals surface area (Å²) in [5, 5.41) is 17.0. The predicted octanol–water partition coefficient (Wildman–Crippen LogP) is 3.70. The summed E-state index contributed by atoms with van der Waals surface area (Å²) < 4.78 is 5.41. The largest absolute Gasteiger partial charge is 0.504 e. The molecule has 0 unspecified atom stereocenters. The molecule has 3 N–H and O–H groups in total. The monoisotopic (exact) mass is 361 g/mol. The van der Waals surface area contributed by atoms with Gasteiger partial charge in [-0.25, -0.2) is 4.99 Å². The van der Waals surface area contributed by atoms with Gasteiger partial charge in [0.2, 0.25) is 0 Å². The molecule has 0 heterocycles. The summed E-state index contributed by atoms with van der Waals surface area (Å²) >= 11 is 6.18. The molecule has 0 aliphatic heterocycles. The SMILES string of the molecule is CCNC(=NCc1ccc(O)c(OCC)c1)NCc1ccccc1Cl. The zero-order valence-corrected chi connectivity index (χ0v) is 15.3. The van der Waals surface area contributed by atoms with Crippen molar-refractivity contribution in [2.45, 2.75) is 26.9 Å². The molecule has 0 saturated heterocycles. The van der Waals surface area contributed by atoms with Gasteiger partial charge in [0, 0.05) is 18.1 Å². The normalized spacial score (nSPS) is 11.2. The van der Waals surface area contributed by atoms with Gasteiger partial charge in [-0.3, -0.25) is 0 Å². The highest BCUT2D eigenvalue weighted by atomic mass is 35.5. The molecular formula is C19H24ClN3O2. The molecule has 0 aliphatic rings. The van der Waals surface area contributed by atoms with E-state index in [2.05, 4.69) is 15.6 Å². The molecule has 0 bridgehead atoms. The molecule has 0 amide bonds. The van der Waals surface area contributed by atoms with E-state index in [9.17, 15) is 5.11 Å². The third-order valence-corrected chi connectivity index (χ3v) is 3.86. The van der Waals surface area contributed by atoms with Gasteiger partial charge in [-0.05, 0) is 43.2 Å². The van der Waals surface area contributed by atoms with Crippen LogP contribution in [0.5, 0.6) is 11.5 Å². The number of phenols is 1. The molecule has 134 valence electrons. The Balaban J connectivity index is 2.04. The summed E-state index contributed by atoms with van der Waals surface area (Å²) in [7, 11) is 0. The maximum absolute atomic E-state index is 9.77. The fraction of sp³-hybridized carbons (Fsp3) is 0.316. The molecule has 2 aromatic carbocycles. The third-order valence-electron chi connectivity index (χ3n) is 3.49. The summed E-state index contributed by atoms with van der Waals surface area (Å²) in [4.78, 5) is 4.57. The minimum atomic E-state index is 0.137. The summed E-state index contributed by atoms with van der Waals surface area (Å²) in [6, 6.07) is 13.0. The van der Waals surface area contributed by atoms with Crippen molar-refractivity contribution in [3.63, 3.8) is 0 Å². The number of phenolic OH excluding ortho intramolecular Hbond substituents is 1. The summed E-state index contributed by atoms with van der Waals surface area (Å²) in [5.41, 5.74) is 1.97. The lowest BCUT2D eigenvalue weighted by Crippen LogP contribution is -2.36. The second-order valence-corrected chi connectivity index (χ2v) is 5.78. The van der Waals surface area contributed by atoms with Crippen LogP contribution in [-0.4, -0.2) is 24.2 Å². The van der Waals surface area contributed by atoms with Crippen molar-refractivity contribution < 1.29 is 9.84 Å². The van der Waals surface area contributed by atoms with Crippen LogP contribution in [0.1, 0.15) is 25.0 Å². The average molecular weight is 362 g/mol. The summed E-state index contributed by atoms with van der Waals surface area (Å²) in [5.74, 6) is 1.32. The van der Waals surface area contributed by atoms with Crippen molar-refractivity contribution in [1.82, 2.24) is 10.6 Å². The van der Waals surface area contributed by atoms with Gasteiger partial charge in [-0.1, -0.05) is 35.9 Å². The van der Waals surface area contributed by atoms with Crippen molar-refractivity contribution in [2.75, 3.05) is 13.2 Å². The third kappa shape index (κ3) is 5.87. The lowest BCUT2D eigenvalue weighted by molar-refractivity contribution is 0.318. The van der Waals surface area contributed by atoms with Crippen LogP contribution in [0.25, 0.3) is 0 Å². The summed E-state index contributed by atoms with van der Waals surface area (Å²) in [6.07, 6.45) is 0. The van der Waals surface area contributed by atoms with Gasteiger partial charge in [0.15, 0.2) is 17.5 Å². The molecule has 2 rings (SSSR count). The zero-order valence-electron chi connectivity index (χ0n) is 14.6. The molecule has 6 heteroatoms. The Hall–Kier alpha value is -2.40. The van der Waals surface area contributed by atoms with Gasteiger partial charge in [0.1, 0.15) is 0 Å². The Labute approximate surface area is 153 Å². The number of aromatic hydroxyl groups is 1. The van der Waals surface area contributed by atoms with Gasteiger partial charge < -0.3 is 20.5 Å². The first-order valence-electron chi connectivity index (χ1n) is 8.34. The van der Waals surface area contributed by atoms with Crippen LogP contribution < -0.4 is 15.4 Å². The number of halogens is 1. The number of rotatable bonds is 7. The quantitative estimate of drug-likeness (QED) is 0.519. The maximum Gasteiger partial charge on any atom is 0.191 e. The second-order valence-electron chi connectivity index (χ2n) is 5.38. The van der Waals surface area contributed by atoms with Gasteiger partial charge >= 0.3 is 0 Å². The number of nitrogens with one attached hydrogen (secondary N) is 2. The fourth-order valence-corrected chi connectivity index (χ4v) is 2.46. The van der Waals surface area contributed by atoms with Crippen LogP contribution >= 0.6 is 11.6 Å². The standard InChI is InChI=1S/C19H24ClN3O2/c1-3-21-19(23-13-15-7-5-6-8-16(15)20)22-12-14-9-10-17(24)18(11-14)25-4-2/h5-11,24H,3-4,12-13H2,1-2H3,(H2,21,22,23). The number of benzene rings is 2. The van der Waals surface area contributed by atoms with Gasteiger partial charge in [-0.15, -0.1) is 0 Å². The van der Waals surface area contributed by atoms with Gasteiger partial charge in [0.25, 0.3) is 0 Å². The van der Waals surface area contributed by atoms with E-state index in [-0.39, 0.29) is 5.75 Å². The van der Waals surface area contributed by atoms with E-state index in [1.54, 1.807) is 12.1 Å². The number of hydrogen-bond donors (Lipinski definition) is 3. The highest BCUT2D eigenvalue weighted by Crippen LogP contribution is 2.27. The van der Waals surface area contributed by atoms with E-state index in [0.717, 1.165) is 22.7 Å². The van der Waals surface area contributed by atoms with Crippen molar-refractivity contribution in [3.05, 3.63) is 58.6 Å². The van der Waals surface area contributed by atoms with Crippen LogP contribution in [0, 0.1) is 0 Å². The Morgan fingerprint density at radius 3 is 2.68 bits per heavy atom. The van der Waals surface area contributed by atoms with Crippen molar-refractivity contribution in [2.24, 2.45) is 4.99 Å². The Bertz CT molecular complexity index is 720. The Kier molecular flexibility index (Phi) is 7.41. The molecule has 25 heavy (non-hydrogen) atoms. The zero-order chi connectivity index (χ0) is 18.1. The molecule has 0 fully saturated rings. The van der Waals surface area contributed by atoms with E-state index in [4.69, 9.17) is 16.3 Å². The van der Waals surface area contributed by atoms with E-state index >= 15 is 0 Å². The molecule has 0 saturated carbocycles.